The predicted octanol–water partition coefficient (Wildman–Crippen LogP) is 3.66. The number of ether oxygens (including phenoxy) is 1. The molecule has 0 aromatic heterocycles. The van der Waals surface area contributed by atoms with Gasteiger partial charge in [-0.1, -0.05) is 46.0 Å². The summed E-state index contributed by atoms with van der Waals surface area (Å²) in [5, 5.41) is 0. The lowest BCUT2D eigenvalue weighted by molar-refractivity contribution is -0.145. The Morgan fingerprint density at radius 3 is 2.44 bits per heavy atom. The molecule has 2 N–H and O–H groups in total. The summed E-state index contributed by atoms with van der Waals surface area (Å²) in [5.41, 5.74) is 5.42. The molecule has 0 bridgehead atoms. The quantitative estimate of drug-likeness (QED) is 0.429. The van der Waals surface area contributed by atoms with E-state index in [-0.39, 0.29) is 5.97 Å². The first-order valence-electron chi connectivity index (χ1n) is 7.60. The van der Waals surface area contributed by atoms with Crippen LogP contribution in [0.5, 0.6) is 0 Å². The van der Waals surface area contributed by atoms with Gasteiger partial charge in [-0.3, -0.25) is 4.79 Å². The van der Waals surface area contributed by atoms with Crippen molar-refractivity contribution in [2.75, 3.05) is 13.2 Å². The second-order valence-corrected chi connectivity index (χ2v) is 5.05. The second-order valence-electron chi connectivity index (χ2n) is 5.05. The summed E-state index contributed by atoms with van der Waals surface area (Å²) in [6.07, 6.45) is 9.49. The maximum absolute atomic E-state index is 11.5. The van der Waals surface area contributed by atoms with Crippen molar-refractivity contribution in [2.45, 2.75) is 71.6 Å². The molecule has 0 aromatic rings. The van der Waals surface area contributed by atoms with Crippen molar-refractivity contribution in [3.63, 3.8) is 0 Å². The minimum Gasteiger partial charge on any atom is -0.465 e. The van der Waals surface area contributed by atoms with Crippen molar-refractivity contribution in [2.24, 2.45) is 11.7 Å². The maximum atomic E-state index is 11.5. The monoisotopic (exact) mass is 257 g/mol. The molecule has 0 fully saturated rings. The summed E-state index contributed by atoms with van der Waals surface area (Å²) >= 11 is 0. The van der Waals surface area contributed by atoms with Crippen LogP contribution in [0.25, 0.3) is 0 Å². The van der Waals surface area contributed by atoms with Gasteiger partial charge in [0.05, 0.1) is 6.61 Å². The van der Waals surface area contributed by atoms with Crippen LogP contribution in [-0.4, -0.2) is 19.1 Å². The van der Waals surface area contributed by atoms with Crippen LogP contribution in [0.2, 0.25) is 0 Å². The second kappa shape index (κ2) is 12.9. The first kappa shape index (κ1) is 17.4. The van der Waals surface area contributed by atoms with Crippen LogP contribution >= 0.6 is 0 Å². The van der Waals surface area contributed by atoms with Crippen molar-refractivity contribution < 1.29 is 9.53 Å². The summed E-state index contributed by atoms with van der Waals surface area (Å²) in [5.74, 6) is 0.517. The van der Waals surface area contributed by atoms with Crippen LogP contribution in [0.4, 0.5) is 0 Å². The Labute approximate surface area is 112 Å². The molecule has 0 rings (SSSR count). The topological polar surface area (TPSA) is 52.3 Å². The van der Waals surface area contributed by atoms with Crippen molar-refractivity contribution in [3.05, 3.63) is 0 Å². The molecule has 0 amide bonds. The SMILES string of the molecule is CCCCC(CC)COC(=O)CCCCCCN. The van der Waals surface area contributed by atoms with E-state index in [2.05, 4.69) is 13.8 Å². The number of hydrogen-bond acceptors (Lipinski definition) is 3. The standard InChI is InChI=1S/C15H31NO2/c1-3-5-10-14(4-2)13-18-15(17)11-8-6-7-9-12-16/h14H,3-13,16H2,1-2H3. The van der Waals surface area contributed by atoms with Crippen molar-refractivity contribution in [1.29, 1.82) is 0 Å². The van der Waals surface area contributed by atoms with Crippen molar-refractivity contribution in [1.82, 2.24) is 0 Å². The average Bonchev–Trinajstić information content (AvgIpc) is 2.39. The molecule has 0 saturated heterocycles. The Hall–Kier alpha value is -0.570. The number of esters is 1. The molecule has 0 heterocycles. The summed E-state index contributed by atoms with van der Waals surface area (Å²) < 4.78 is 5.34. The summed E-state index contributed by atoms with van der Waals surface area (Å²) in [6, 6.07) is 0. The minimum absolute atomic E-state index is 0.0299. The van der Waals surface area contributed by atoms with Gasteiger partial charge in [0, 0.05) is 6.42 Å². The van der Waals surface area contributed by atoms with Crippen LogP contribution in [-0.2, 0) is 9.53 Å². The molecular weight excluding hydrogens is 226 g/mol. The molecule has 0 saturated carbocycles. The fourth-order valence-corrected chi connectivity index (χ4v) is 1.95. The van der Waals surface area contributed by atoms with Gasteiger partial charge in [-0.2, -0.15) is 0 Å². The molecular formula is C15H31NO2. The van der Waals surface area contributed by atoms with Gasteiger partial charge < -0.3 is 10.5 Å². The van der Waals surface area contributed by atoms with Crippen LogP contribution in [0.15, 0.2) is 0 Å². The van der Waals surface area contributed by atoms with Crippen LogP contribution in [0, 0.1) is 5.92 Å². The van der Waals surface area contributed by atoms with E-state index in [4.69, 9.17) is 10.5 Å². The third-order valence-corrected chi connectivity index (χ3v) is 3.36. The van der Waals surface area contributed by atoms with Crippen molar-refractivity contribution in [3.8, 4) is 0 Å². The smallest absolute Gasteiger partial charge is 0.305 e. The van der Waals surface area contributed by atoms with E-state index in [0.717, 1.165) is 38.6 Å². The number of unbranched alkanes of at least 4 members (excludes halogenated alkanes) is 4. The highest BCUT2D eigenvalue weighted by atomic mass is 16.5. The van der Waals surface area contributed by atoms with E-state index in [9.17, 15) is 4.79 Å². The number of hydrogen-bond donors (Lipinski definition) is 1. The first-order chi connectivity index (χ1) is 8.74. The number of rotatable bonds is 12. The van der Waals surface area contributed by atoms with Gasteiger partial charge in [0.1, 0.15) is 0 Å². The van der Waals surface area contributed by atoms with Gasteiger partial charge in [0.15, 0.2) is 0 Å². The van der Waals surface area contributed by atoms with Gasteiger partial charge in [-0.05, 0) is 31.7 Å². The van der Waals surface area contributed by atoms with Gasteiger partial charge in [0.2, 0.25) is 0 Å². The molecule has 3 heteroatoms. The Kier molecular flexibility index (Phi) is 12.5. The lowest BCUT2D eigenvalue weighted by Gasteiger charge is -2.14. The fraction of sp³-hybridized carbons (Fsp3) is 0.933. The fourth-order valence-electron chi connectivity index (χ4n) is 1.95. The van der Waals surface area contributed by atoms with E-state index in [1.54, 1.807) is 0 Å². The normalized spacial score (nSPS) is 12.4. The molecule has 0 radical (unpaired) electrons. The molecule has 108 valence electrons. The number of carbonyl (C=O) groups excluding carboxylic acids is 1. The van der Waals surface area contributed by atoms with Gasteiger partial charge in [-0.15, -0.1) is 0 Å². The van der Waals surface area contributed by atoms with Gasteiger partial charge in [0.25, 0.3) is 0 Å². The summed E-state index contributed by atoms with van der Waals surface area (Å²) in [6.45, 7) is 5.72. The third kappa shape index (κ3) is 10.6. The summed E-state index contributed by atoms with van der Waals surface area (Å²) in [4.78, 5) is 11.5. The van der Waals surface area contributed by atoms with E-state index in [1.807, 2.05) is 0 Å². The summed E-state index contributed by atoms with van der Waals surface area (Å²) in [7, 11) is 0. The number of carbonyl (C=O) groups is 1. The molecule has 3 nitrogen and oxygen atoms in total. The molecule has 18 heavy (non-hydrogen) atoms. The zero-order chi connectivity index (χ0) is 13.6. The highest BCUT2D eigenvalue weighted by Crippen LogP contribution is 2.13. The highest BCUT2D eigenvalue weighted by molar-refractivity contribution is 5.69. The zero-order valence-electron chi connectivity index (χ0n) is 12.2. The largest absolute Gasteiger partial charge is 0.465 e. The highest BCUT2D eigenvalue weighted by Gasteiger charge is 2.09. The Balaban J connectivity index is 3.49. The molecule has 1 atom stereocenters. The molecule has 0 aromatic carbocycles. The van der Waals surface area contributed by atoms with Crippen LogP contribution in [0.1, 0.15) is 71.6 Å². The molecule has 1 unspecified atom stereocenters. The van der Waals surface area contributed by atoms with Crippen LogP contribution < -0.4 is 5.73 Å². The maximum Gasteiger partial charge on any atom is 0.305 e. The van der Waals surface area contributed by atoms with E-state index in [1.165, 1.54) is 19.3 Å². The Morgan fingerprint density at radius 2 is 1.83 bits per heavy atom. The van der Waals surface area contributed by atoms with E-state index in [0.29, 0.717) is 18.9 Å². The molecule has 0 aliphatic carbocycles. The minimum atomic E-state index is -0.0299. The lowest BCUT2D eigenvalue weighted by Crippen LogP contribution is -2.13. The number of nitrogens with two attached hydrogens (primary N) is 1. The van der Waals surface area contributed by atoms with Crippen molar-refractivity contribution >= 4 is 5.97 Å². The molecule has 0 spiro atoms. The first-order valence-corrected chi connectivity index (χ1v) is 7.60. The lowest BCUT2D eigenvalue weighted by atomic mass is 10.0. The van der Waals surface area contributed by atoms with E-state index < -0.39 is 0 Å². The van der Waals surface area contributed by atoms with Gasteiger partial charge in [-0.25, -0.2) is 0 Å². The Morgan fingerprint density at radius 1 is 1.11 bits per heavy atom. The third-order valence-electron chi connectivity index (χ3n) is 3.36. The average molecular weight is 257 g/mol. The molecule has 0 aliphatic heterocycles. The van der Waals surface area contributed by atoms with Crippen LogP contribution in [0.3, 0.4) is 0 Å². The Bertz CT molecular complexity index is 195. The van der Waals surface area contributed by atoms with Gasteiger partial charge >= 0.3 is 5.97 Å². The predicted molar refractivity (Wildman–Crippen MR) is 76.4 cm³/mol. The zero-order valence-corrected chi connectivity index (χ0v) is 12.2. The molecule has 0 aliphatic rings. The van der Waals surface area contributed by atoms with E-state index >= 15 is 0 Å².